The molecule has 2 N–H and O–H groups in total. The summed E-state index contributed by atoms with van der Waals surface area (Å²) in [7, 11) is 0. The minimum Gasteiger partial charge on any atom is -0.478 e. The standard InChI is InChI=1S/C22H28N2O3/c1-2-20(23-14-17-8-10-19(11-9-17)22(25)26)21-16-24(12-13-27-21)15-18-6-4-3-5-7-18/h3-11,20-21,23H,2,12-16H2,1H3,(H,25,26). The second-order valence-electron chi connectivity index (χ2n) is 7.03. The third kappa shape index (κ3) is 5.63. The molecule has 1 fully saturated rings. The van der Waals surface area contributed by atoms with Crippen LogP contribution in [0.4, 0.5) is 0 Å². The number of benzene rings is 2. The number of carboxylic acid groups (broad SMARTS) is 1. The Balaban J connectivity index is 1.53. The molecule has 0 aromatic heterocycles. The van der Waals surface area contributed by atoms with Crippen molar-refractivity contribution in [2.24, 2.45) is 0 Å². The quantitative estimate of drug-likeness (QED) is 0.749. The molecule has 27 heavy (non-hydrogen) atoms. The molecule has 2 atom stereocenters. The van der Waals surface area contributed by atoms with Gasteiger partial charge >= 0.3 is 5.97 Å². The van der Waals surface area contributed by atoms with E-state index in [1.165, 1.54) is 5.56 Å². The maximum absolute atomic E-state index is 11.0. The van der Waals surface area contributed by atoms with Crippen molar-refractivity contribution in [2.45, 2.75) is 38.6 Å². The Morgan fingerprint density at radius 3 is 2.59 bits per heavy atom. The largest absolute Gasteiger partial charge is 0.478 e. The molecule has 0 saturated carbocycles. The van der Waals surface area contributed by atoms with E-state index in [0.29, 0.717) is 12.1 Å². The first-order chi connectivity index (χ1) is 13.2. The van der Waals surface area contributed by atoms with Crippen molar-refractivity contribution in [3.05, 3.63) is 71.3 Å². The Bertz CT molecular complexity index is 718. The highest BCUT2D eigenvalue weighted by Crippen LogP contribution is 2.15. The number of aromatic carboxylic acids is 1. The van der Waals surface area contributed by atoms with E-state index in [2.05, 4.69) is 41.4 Å². The number of carbonyl (C=O) groups is 1. The molecule has 2 unspecified atom stereocenters. The van der Waals surface area contributed by atoms with Gasteiger partial charge in [-0.25, -0.2) is 4.79 Å². The van der Waals surface area contributed by atoms with Crippen LogP contribution in [0, 0.1) is 0 Å². The van der Waals surface area contributed by atoms with E-state index in [1.807, 2.05) is 18.2 Å². The topological polar surface area (TPSA) is 61.8 Å². The Morgan fingerprint density at radius 2 is 1.93 bits per heavy atom. The van der Waals surface area contributed by atoms with Crippen LogP contribution in [0.2, 0.25) is 0 Å². The van der Waals surface area contributed by atoms with Crippen LogP contribution in [0.1, 0.15) is 34.8 Å². The first-order valence-electron chi connectivity index (χ1n) is 9.59. The van der Waals surface area contributed by atoms with Crippen molar-refractivity contribution < 1.29 is 14.6 Å². The Kier molecular flexibility index (Phi) is 6.98. The SMILES string of the molecule is CCC(NCc1ccc(C(=O)O)cc1)C1CN(Cc2ccccc2)CCO1. The van der Waals surface area contributed by atoms with Crippen LogP contribution in [0.15, 0.2) is 54.6 Å². The maximum Gasteiger partial charge on any atom is 0.335 e. The summed E-state index contributed by atoms with van der Waals surface area (Å²) in [4.78, 5) is 13.4. The Morgan fingerprint density at radius 1 is 1.19 bits per heavy atom. The summed E-state index contributed by atoms with van der Waals surface area (Å²) in [6.45, 7) is 6.45. The zero-order chi connectivity index (χ0) is 19.1. The van der Waals surface area contributed by atoms with Crippen LogP contribution < -0.4 is 5.32 Å². The molecule has 0 radical (unpaired) electrons. The van der Waals surface area contributed by atoms with Crippen molar-refractivity contribution >= 4 is 5.97 Å². The molecule has 5 nitrogen and oxygen atoms in total. The second-order valence-corrected chi connectivity index (χ2v) is 7.03. The number of hydrogen-bond donors (Lipinski definition) is 2. The number of ether oxygens (including phenoxy) is 1. The molecule has 1 heterocycles. The van der Waals surface area contributed by atoms with E-state index < -0.39 is 5.97 Å². The van der Waals surface area contributed by atoms with Gasteiger partial charge < -0.3 is 15.2 Å². The molecule has 144 valence electrons. The van der Waals surface area contributed by atoms with Crippen LogP contribution in [0.25, 0.3) is 0 Å². The van der Waals surface area contributed by atoms with Gasteiger partial charge in [0.2, 0.25) is 0 Å². The molecule has 3 rings (SSSR count). The van der Waals surface area contributed by atoms with Crippen molar-refractivity contribution in [3.63, 3.8) is 0 Å². The van der Waals surface area contributed by atoms with Crippen molar-refractivity contribution in [1.82, 2.24) is 10.2 Å². The van der Waals surface area contributed by atoms with Crippen LogP contribution in [0.5, 0.6) is 0 Å². The number of nitrogens with zero attached hydrogens (tertiary/aromatic N) is 1. The molecule has 0 aliphatic carbocycles. The number of morpholine rings is 1. The van der Waals surface area contributed by atoms with Crippen LogP contribution >= 0.6 is 0 Å². The molecular formula is C22H28N2O3. The number of rotatable bonds is 8. The first-order valence-corrected chi connectivity index (χ1v) is 9.59. The van der Waals surface area contributed by atoms with Crippen molar-refractivity contribution in [3.8, 4) is 0 Å². The zero-order valence-corrected chi connectivity index (χ0v) is 15.8. The van der Waals surface area contributed by atoms with Gasteiger partial charge in [0.25, 0.3) is 0 Å². The monoisotopic (exact) mass is 368 g/mol. The van der Waals surface area contributed by atoms with E-state index in [9.17, 15) is 4.79 Å². The van der Waals surface area contributed by atoms with Crippen LogP contribution in [-0.2, 0) is 17.8 Å². The molecular weight excluding hydrogens is 340 g/mol. The Labute approximate surface area is 161 Å². The molecule has 2 aromatic carbocycles. The summed E-state index contributed by atoms with van der Waals surface area (Å²) in [5.74, 6) is -0.893. The zero-order valence-electron chi connectivity index (χ0n) is 15.8. The highest BCUT2D eigenvalue weighted by atomic mass is 16.5. The lowest BCUT2D eigenvalue weighted by Crippen LogP contribution is -2.51. The van der Waals surface area contributed by atoms with E-state index in [4.69, 9.17) is 9.84 Å². The highest BCUT2D eigenvalue weighted by Gasteiger charge is 2.26. The van der Waals surface area contributed by atoms with E-state index in [-0.39, 0.29) is 12.1 Å². The molecule has 5 heteroatoms. The lowest BCUT2D eigenvalue weighted by atomic mass is 10.0. The molecule has 0 spiro atoms. The minimum absolute atomic E-state index is 0.158. The molecule has 1 saturated heterocycles. The van der Waals surface area contributed by atoms with Crippen molar-refractivity contribution in [2.75, 3.05) is 19.7 Å². The van der Waals surface area contributed by atoms with Gasteiger partial charge in [-0.15, -0.1) is 0 Å². The summed E-state index contributed by atoms with van der Waals surface area (Å²) in [5, 5.41) is 12.6. The van der Waals surface area contributed by atoms with Gasteiger partial charge in [0.1, 0.15) is 0 Å². The summed E-state index contributed by atoms with van der Waals surface area (Å²) in [6, 6.07) is 17.9. The van der Waals surface area contributed by atoms with Crippen molar-refractivity contribution in [1.29, 1.82) is 0 Å². The number of nitrogens with one attached hydrogen (secondary N) is 1. The third-order valence-corrected chi connectivity index (χ3v) is 5.08. The fraction of sp³-hybridized carbons (Fsp3) is 0.409. The van der Waals surface area contributed by atoms with Gasteiger partial charge in [0.05, 0.1) is 18.3 Å². The van der Waals surface area contributed by atoms with Gasteiger partial charge in [0, 0.05) is 32.2 Å². The van der Waals surface area contributed by atoms with Crippen LogP contribution in [0.3, 0.4) is 0 Å². The fourth-order valence-electron chi connectivity index (χ4n) is 3.51. The summed E-state index contributed by atoms with van der Waals surface area (Å²) < 4.78 is 6.06. The van der Waals surface area contributed by atoms with E-state index in [1.54, 1.807) is 12.1 Å². The molecule has 2 aromatic rings. The minimum atomic E-state index is -0.893. The average molecular weight is 368 g/mol. The lowest BCUT2D eigenvalue weighted by Gasteiger charge is -2.37. The number of hydrogen-bond acceptors (Lipinski definition) is 4. The smallest absolute Gasteiger partial charge is 0.335 e. The summed E-state index contributed by atoms with van der Waals surface area (Å²) >= 11 is 0. The lowest BCUT2D eigenvalue weighted by molar-refractivity contribution is -0.0499. The van der Waals surface area contributed by atoms with E-state index in [0.717, 1.165) is 38.2 Å². The molecule has 1 aliphatic rings. The highest BCUT2D eigenvalue weighted by molar-refractivity contribution is 5.87. The maximum atomic E-state index is 11.0. The van der Waals surface area contributed by atoms with Gasteiger partial charge in [-0.05, 0) is 29.7 Å². The normalized spacial score (nSPS) is 18.9. The average Bonchev–Trinajstić information content (AvgIpc) is 2.70. The van der Waals surface area contributed by atoms with Gasteiger partial charge in [0.15, 0.2) is 0 Å². The molecule has 0 bridgehead atoms. The third-order valence-electron chi connectivity index (χ3n) is 5.08. The molecule has 1 aliphatic heterocycles. The Hall–Kier alpha value is -2.21. The predicted octanol–water partition coefficient (Wildman–Crippen LogP) is 3.15. The summed E-state index contributed by atoms with van der Waals surface area (Å²) in [6.07, 6.45) is 1.14. The number of carboxylic acids is 1. The van der Waals surface area contributed by atoms with Gasteiger partial charge in [-0.3, -0.25) is 4.90 Å². The molecule has 0 amide bonds. The predicted molar refractivity (Wildman–Crippen MR) is 106 cm³/mol. The fourth-order valence-corrected chi connectivity index (χ4v) is 3.51. The van der Waals surface area contributed by atoms with E-state index >= 15 is 0 Å². The second kappa shape index (κ2) is 9.65. The summed E-state index contributed by atoms with van der Waals surface area (Å²) in [5.41, 5.74) is 2.73. The first kappa shape index (κ1) is 19.5. The van der Waals surface area contributed by atoms with Crippen LogP contribution in [-0.4, -0.2) is 47.8 Å². The van der Waals surface area contributed by atoms with Gasteiger partial charge in [-0.1, -0.05) is 49.4 Å². The van der Waals surface area contributed by atoms with Gasteiger partial charge in [-0.2, -0.15) is 0 Å².